The molecule has 0 aliphatic carbocycles. The number of benzene rings is 1. The van der Waals surface area contributed by atoms with Gasteiger partial charge >= 0.3 is 6.18 Å². The smallest absolute Gasteiger partial charge is 0.382 e. The fraction of sp³-hybridized carbons (Fsp3) is 0.450. The SMILES string of the molecule is CCN(CC)Cc1ccc(-c2cnc(N)c(C(=O)NC[C@@](C)(O)C(F)(F)F)n2)cc1. The van der Waals surface area contributed by atoms with Crippen LogP contribution < -0.4 is 11.1 Å². The highest BCUT2D eigenvalue weighted by molar-refractivity contribution is 5.96. The largest absolute Gasteiger partial charge is 0.418 e. The van der Waals surface area contributed by atoms with E-state index in [0.717, 1.165) is 25.2 Å². The number of amides is 1. The molecule has 0 saturated heterocycles. The van der Waals surface area contributed by atoms with E-state index in [1.807, 2.05) is 29.6 Å². The molecule has 1 aromatic heterocycles. The Morgan fingerprint density at radius 1 is 1.20 bits per heavy atom. The van der Waals surface area contributed by atoms with Crippen LogP contribution in [0.15, 0.2) is 30.5 Å². The van der Waals surface area contributed by atoms with Crippen LogP contribution in [-0.2, 0) is 6.54 Å². The van der Waals surface area contributed by atoms with E-state index >= 15 is 0 Å². The Labute approximate surface area is 173 Å². The van der Waals surface area contributed by atoms with E-state index in [4.69, 9.17) is 5.73 Å². The van der Waals surface area contributed by atoms with Crippen molar-refractivity contribution in [3.05, 3.63) is 41.7 Å². The maximum absolute atomic E-state index is 12.8. The number of carbonyl (C=O) groups is 1. The molecule has 0 radical (unpaired) electrons. The minimum atomic E-state index is -4.90. The number of nitrogens with zero attached hydrogens (tertiary/aromatic N) is 3. The van der Waals surface area contributed by atoms with Crippen molar-refractivity contribution in [1.82, 2.24) is 20.2 Å². The quantitative estimate of drug-likeness (QED) is 0.601. The monoisotopic (exact) mass is 425 g/mol. The Balaban J connectivity index is 2.17. The van der Waals surface area contributed by atoms with Gasteiger partial charge in [-0.3, -0.25) is 9.69 Å². The number of rotatable bonds is 8. The summed E-state index contributed by atoms with van der Waals surface area (Å²) in [5.74, 6) is -1.18. The predicted molar refractivity (Wildman–Crippen MR) is 108 cm³/mol. The standard InChI is InChI=1S/C20H26F3N5O2/c1-4-28(5-2)11-13-6-8-14(9-7-13)15-10-25-17(24)16(27-15)18(29)26-12-19(3,30)20(21,22)23/h6-10,30H,4-5,11-12H2,1-3H3,(H2,24,25)(H,26,29)/t19-/m1/s1. The van der Waals surface area contributed by atoms with Gasteiger partial charge in [0.1, 0.15) is 0 Å². The number of nitrogens with two attached hydrogens (primary N) is 1. The number of alkyl halides is 3. The van der Waals surface area contributed by atoms with Crippen molar-refractivity contribution in [2.24, 2.45) is 0 Å². The molecule has 0 spiro atoms. The lowest BCUT2D eigenvalue weighted by Gasteiger charge is -2.26. The van der Waals surface area contributed by atoms with Crippen molar-refractivity contribution in [2.75, 3.05) is 25.4 Å². The molecular formula is C20H26F3N5O2. The topological polar surface area (TPSA) is 104 Å². The third-order valence-corrected chi connectivity index (χ3v) is 4.77. The average Bonchev–Trinajstić information content (AvgIpc) is 2.70. The Morgan fingerprint density at radius 3 is 2.33 bits per heavy atom. The highest BCUT2D eigenvalue weighted by Crippen LogP contribution is 2.29. The molecule has 164 valence electrons. The lowest BCUT2D eigenvalue weighted by Crippen LogP contribution is -2.51. The predicted octanol–water partition coefficient (Wildman–Crippen LogP) is 2.61. The van der Waals surface area contributed by atoms with Gasteiger partial charge in [-0.2, -0.15) is 13.2 Å². The molecule has 1 aromatic carbocycles. The summed E-state index contributed by atoms with van der Waals surface area (Å²) >= 11 is 0. The molecule has 7 nitrogen and oxygen atoms in total. The van der Waals surface area contributed by atoms with Gasteiger partial charge in [-0.25, -0.2) is 9.97 Å². The zero-order valence-corrected chi connectivity index (χ0v) is 17.1. The second kappa shape index (κ2) is 9.40. The van der Waals surface area contributed by atoms with E-state index in [1.54, 1.807) is 0 Å². The Hall–Kier alpha value is -2.72. The van der Waals surface area contributed by atoms with Crippen molar-refractivity contribution in [1.29, 1.82) is 0 Å². The molecule has 10 heteroatoms. The number of nitrogens with one attached hydrogen (secondary N) is 1. The summed E-state index contributed by atoms with van der Waals surface area (Å²) in [7, 11) is 0. The summed E-state index contributed by atoms with van der Waals surface area (Å²) < 4.78 is 38.3. The molecule has 1 atom stereocenters. The number of hydrogen-bond acceptors (Lipinski definition) is 6. The van der Waals surface area contributed by atoms with E-state index < -0.39 is 24.2 Å². The first-order valence-electron chi connectivity index (χ1n) is 9.50. The fourth-order valence-electron chi connectivity index (χ4n) is 2.63. The fourth-order valence-corrected chi connectivity index (χ4v) is 2.63. The van der Waals surface area contributed by atoms with Crippen LogP contribution in [0.25, 0.3) is 11.3 Å². The number of hydrogen-bond donors (Lipinski definition) is 3. The first kappa shape index (κ1) is 23.6. The summed E-state index contributed by atoms with van der Waals surface area (Å²) in [5, 5.41) is 11.5. The Kier molecular flexibility index (Phi) is 7.38. The van der Waals surface area contributed by atoms with Gasteiger partial charge in [-0.15, -0.1) is 0 Å². The summed E-state index contributed by atoms with van der Waals surface area (Å²) in [4.78, 5) is 22.6. The first-order chi connectivity index (χ1) is 14.0. The summed E-state index contributed by atoms with van der Waals surface area (Å²) in [6.45, 7) is 6.36. The second-order valence-electron chi connectivity index (χ2n) is 7.10. The van der Waals surface area contributed by atoms with Crippen LogP contribution in [0.3, 0.4) is 0 Å². The summed E-state index contributed by atoms with van der Waals surface area (Å²) in [6, 6.07) is 7.53. The van der Waals surface area contributed by atoms with Crippen LogP contribution in [0.1, 0.15) is 36.8 Å². The molecule has 1 amide bonds. The Morgan fingerprint density at radius 2 is 1.80 bits per heavy atom. The average molecular weight is 425 g/mol. The molecule has 1 heterocycles. The number of aliphatic hydroxyl groups is 1. The van der Waals surface area contributed by atoms with Gasteiger partial charge in [0.15, 0.2) is 17.1 Å². The van der Waals surface area contributed by atoms with Crippen LogP contribution in [0.4, 0.5) is 19.0 Å². The zero-order chi connectivity index (χ0) is 22.5. The van der Waals surface area contributed by atoms with Crippen LogP contribution in [0.5, 0.6) is 0 Å². The van der Waals surface area contributed by atoms with E-state index in [9.17, 15) is 23.1 Å². The van der Waals surface area contributed by atoms with Crippen molar-refractivity contribution >= 4 is 11.7 Å². The van der Waals surface area contributed by atoms with E-state index in [2.05, 4.69) is 28.7 Å². The first-order valence-corrected chi connectivity index (χ1v) is 9.50. The van der Waals surface area contributed by atoms with Gasteiger partial charge in [-0.1, -0.05) is 38.1 Å². The second-order valence-corrected chi connectivity index (χ2v) is 7.10. The highest BCUT2D eigenvalue weighted by atomic mass is 19.4. The van der Waals surface area contributed by atoms with Crippen molar-refractivity contribution in [3.8, 4) is 11.3 Å². The van der Waals surface area contributed by atoms with E-state index in [0.29, 0.717) is 18.2 Å². The molecule has 2 aromatic rings. The van der Waals surface area contributed by atoms with Crippen LogP contribution >= 0.6 is 0 Å². The molecule has 4 N–H and O–H groups in total. The number of aromatic nitrogens is 2. The molecule has 0 aliphatic heterocycles. The van der Waals surface area contributed by atoms with Crippen LogP contribution in [0.2, 0.25) is 0 Å². The number of nitrogen functional groups attached to an aromatic ring is 1. The molecule has 0 fully saturated rings. The minimum Gasteiger partial charge on any atom is -0.382 e. The minimum absolute atomic E-state index is 0.221. The lowest BCUT2D eigenvalue weighted by molar-refractivity contribution is -0.249. The van der Waals surface area contributed by atoms with Crippen LogP contribution in [-0.4, -0.2) is 57.3 Å². The van der Waals surface area contributed by atoms with Crippen molar-refractivity contribution in [3.63, 3.8) is 0 Å². The van der Waals surface area contributed by atoms with Gasteiger partial charge in [0.05, 0.1) is 18.4 Å². The van der Waals surface area contributed by atoms with E-state index in [-0.39, 0.29) is 11.5 Å². The maximum atomic E-state index is 12.8. The van der Waals surface area contributed by atoms with Gasteiger partial charge in [0, 0.05) is 12.1 Å². The van der Waals surface area contributed by atoms with Crippen LogP contribution in [0, 0.1) is 0 Å². The van der Waals surface area contributed by atoms with E-state index in [1.165, 1.54) is 6.20 Å². The summed E-state index contributed by atoms with van der Waals surface area (Å²) in [6.07, 6.45) is -3.51. The molecule has 0 unspecified atom stereocenters. The summed E-state index contributed by atoms with van der Waals surface area (Å²) in [5.41, 5.74) is 4.44. The van der Waals surface area contributed by atoms with Crippen molar-refractivity contribution < 1.29 is 23.1 Å². The normalized spacial score (nSPS) is 13.9. The molecule has 0 aliphatic rings. The van der Waals surface area contributed by atoms with Gasteiger partial charge in [-0.05, 0) is 25.6 Å². The third-order valence-electron chi connectivity index (χ3n) is 4.77. The molecule has 30 heavy (non-hydrogen) atoms. The third kappa shape index (κ3) is 5.67. The maximum Gasteiger partial charge on any atom is 0.418 e. The zero-order valence-electron chi connectivity index (χ0n) is 17.1. The molecular weight excluding hydrogens is 399 g/mol. The highest BCUT2D eigenvalue weighted by Gasteiger charge is 2.50. The number of halogens is 3. The molecule has 0 saturated carbocycles. The van der Waals surface area contributed by atoms with Gasteiger partial charge in [0.25, 0.3) is 5.91 Å². The van der Waals surface area contributed by atoms with Gasteiger partial charge in [0.2, 0.25) is 0 Å². The lowest BCUT2D eigenvalue weighted by atomic mass is 10.1. The van der Waals surface area contributed by atoms with Crippen molar-refractivity contribution in [2.45, 2.75) is 39.1 Å². The number of carbonyl (C=O) groups excluding carboxylic acids is 1. The Bertz CT molecular complexity index is 866. The molecule has 2 rings (SSSR count). The number of anilines is 1. The van der Waals surface area contributed by atoms with Gasteiger partial charge < -0.3 is 16.2 Å². The molecule has 0 bridgehead atoms.